The second-order valence-corrected chi connectivity index (χ2v) is 7.80. The number of amides is 3. The van der Waals surface area contributed by atoms with Gasteiger partial charge in [-0.25, -0.2) is 0 Å². The van der Waals surface area contributed by atoms with Crippen molar-refractivity contribution in [3.05, 3.63) is 29.8 Å². The highest BCUT2D eigenvalue weighted by Crippen LogP contribution is 2.24. The lowest BCUT2D eigenvalue weighted by Gasteiger charge is -2.38. The van der Waals surface area contributed by atoms with E-state index in [0.29, 0.717) is 24.3 Å². The van der Waals surface area contributed by atoms with Gasteiger partial charge in [0.2, 0.25) is 5.91 Å². The van der Waals surface area contributed by atoms with Crippen molar-refractivity contribution < 1.29 is 19.1 Å². The topological polar surface area (TPSA) is 92.9 Å². The summed E-state index contributed by atoms with van der Waals surface area (Å²) in [7, 11) is 0. The van der Waals surface area contributed by atoms with Crippen LogP contribution in [0.5, 0.6) is 5.75 Å². The number of ether oxygens (including phenoxy) is 1. The van der Waals surface area contributed by atoms with E-state index in [1.807, 2.05) is 4.90 Å². The third kappa shape index (κ3) is 4.29. The van der Waals surface area contributed by atoms with Crippen molar-refractivity contribution >= 4 is 17.7 Å². The van der Waals surface area contributed by atoms with Crippen molar-refractivity contribution in [2.75, 3.05) is 13.2 Å². The fourth-order valence-corrected chi connectivity index (χ4v) is 4.30. The Kier molecular flexibility index (Phi) is 6.21. The maximum absolute atomic E-state index is 12.6. The first kappa shape index (κ1) is 20.2. The second-order valence-electron chi connectivity index (χ2n) is 7.80. The fourth-order valence-electron chi connectivity index (χ4n) is 4.30. The molecule has 0 radical (unpaired) electrons. The Balaban J connectivity index is 1.58. The number of nitrogens with two attached hydrogens (primary N) is 1. The Morgan fingerprint density at radius 2 is 1.68 bits per heavy atom. The van der Waals surface area contributed by atoms with Crippen LogP contribution in [-0.2, 0) is 9.59 Å². The van der Waals surface area contributed by atoms with Gasteiger partial charge in [0.05, 0.1) is 0 Å². The highest BCUT2D eigenvalue weighted by molar-refractivity contribution is 5.97. The van der Waals surface area contributed by atoms with Crippen LogP contribution in [0.3, 0.4) is 0 Å². The number of carbonyl (C=O) groups excluding carboxylic acids is 3. The zero-order valence-corrected chi connectivity index (χ0v) is 16.6. The van der Waals surface area contributed by atoms with E-state index in [-0.39, 0.29) is 30.5 Å². The van der Waals surface area contributed by atoms with Gasteiger partial charge in [-0.1, -0.05) is 0 Å². The minimum absolute atomic E-state index is 0.0128. The van der Waals surface area contributed by atoms with E-state index < -0.39 is 11.9 Å². The molecule has 2 heterocycles. The summed E-state index contributed by atoms with van der Waals surface area (Å²) in [6.07, 6.45) is 4.58. The van der Waals surface area contributed by atoms with Gasteiger partial charge in [0.1, 0.15) is 11.8 Å². The van der Waals surface area contributed by atoms with Crippen LogP contribution >= 0.6 is 0 Å². The smallest absolute Gasteiger partial charge is 0.260 e. The highest BCUT2D eigenvalue weighted by atomic mass is 16.5. The standard InChI is InChI=1S/C21H29N3O4/c1-14-5-3-6-15(2)24(14)19(25)13-28-17-10-8-16(9-11-17)21(27)23-12-4-7-18(23)20(22)26/h8-11,14-15,18H,3-7,12-13H2,1-2H3,(H2,22,26)/t14-,15+,18-/m1/s1. The van der Waals surface area contributed by atoms with Gasteiger partial charge in [0.25, 0.3) is 11.8 Å². The summed E-state index contributed by atoms with van der Waals surface area (Å²) in [5.41, 5.74) is 5.87. The number of rotatable bonds is 5. The molecule has 0 unspecified atom stereocenters. The number of hydrogen-bond donors (Lipinski definition) is 1. The lowest BCUT2D eigenvalue weighted by Crippen LogP contribution is -2.49. The number of primary amides is 1. The molecular weight excluding hydrogens is 358 g/mol. The zero-order chi connectivity index (χ0) is 20.3. The van der Waals surface area contributed by atoms with Gasteiger partial charge in [-0.05, 0) is 70.2 Å². The molecule has 0 aliphatic carbocycles. The highest BCUT2D eigenvalue weighted by Gasteiger charge is 2.33. The molecular formula is C21H29N3O4. The Labute approximate surface area is 165 Å². The van der Waals surface area contributed by atoms with Crippen LogP contribution in [0, 0.1) is 0 Å². The van der Waals surface area contributed by atoms with Gasteiger partial charge in [-0.15, -0.1) is 0 Å². The predicted octanol–water partition coefficient (Wildman–Crippen LogP) is 1.94. The van der Waals surface area contributed by atoms with Crippen molar-refractivity contribution in [2.24, 2.45) is 5.73 Å². The molecule has 7 heteroatoms. The normalized spacial score (nSPS) is 24.9. The van der Waals surface area contributed by atoms with Gasteiger partial charge in [0, 0.05) is 24.2 Å². The number of nitrogens with zero attached hydrogens (tertiary/aromatic N) is 2. The van der Waals surface area contributed by atoms with Crippen molar-refractivity contribution in [3.8, 4) is 5.75 Å². The van der Waals surface area contributed by atoms with Crippen molar-refractivity contribution in [1.29, 1.82) is 0 Å². The maximum atomic E-state index is 12.6. The molecule has 3 rings (SSSR count). The summed E-state index contributed by atoms with van der Waals surface area (Å²) in [5, 5.41) is 0. The second kappa shape index (κ2) is 8.63. The minimum atomic E-state index is -0.533. The molecule has 0 aromatic heterocycles. The van der Waals surface area contributed by atoms with Crippen LogP contribution < -0.4 is 10.5 Å². The van der Waals surface area contributed by atoms with Crippen LogP contribution in [0.2, 0.25) is 0 Å². The molecule has 2 fully saturated rings. The van der Waals surface area contributed by atoms with Gasteiger partial charge in [0.15, 0.2) is 6.61 Å². The molecule has 3 atom stereocenters. The van der Waals surface area contributed by atoms with Gasteiger partial charge >= 0.3 is 0 Å². The Bertz CT molecular complexity index is 724. The number of piperidine rings is 1. The van der Waals surface area contributed by atoms with E-state index in [2.05, 4.69) is 13.8 Å². The van der Waals surface area contributed by atoms with Gasteiger partial charge in [-0.3, -0.25) is 14.4 Å². The molecule has 28 heavy (non-hydrogen) atoms. The first-order valence-corrected chi connectivity index (χ1v) is 10.0. The summed E-state index contributed by atoms with van der Waals surface area (Å²) in [6, 6.07) is 6.61. The fraction of sp³-hybridized carbons (Fsp3) is 0.571. The summed E-state index contributed by atoms with van der Waals surface area (Å²) in [6.45, 7) is 4.67. The van der Waals surface area contributed by atoms with Crippen LogP contribution in [0.15, 0.2) is 24.3 Å². The number of hydrogen-bond acceptors (Lipinski definition) is 4. The van der Waals surface area contributed by atoms with Crippen molar-refractivity contribution in [2.45, 2.75) is 64.1 Å². The maximum Gasteiger partial charge on any atom is 0.260 e. The van der Waals surface area contributed by atoms with Crippen LogP contribution in [-0.4, -0.2) is 58.8 Å². The molecule has 7 nitrogen and oxygen atoms in total. The largest absolute Gasteiger partial charge is 0.484 e. The van der Waals surface area contributed by atoms with E-state index >= 15 is 0 Å². The Hall–Kier alpha value is -2.57. The van der Waals surface area contributed by atoms with Crippen molar-refractivity contribution in [1.82, 2.24) is 9.80 Å². The first-order chi connectivity index (χ1) is 13.4. The van der Waals surface area contributed by atoms with Crippen LogP contribution in [0.25, 0.3) is 0 Å². The first-order valence-electron chi connectivity index (χ1n) is 10.0. The van der Waals surface area contributed by atoms with Gasteiger partial charge in [-0.2, -0.15) is 0 Å². The Morgan fingerprint density at radius 3 is 2.29 bits per heavy atom. The van der Waals surface area contributed by atoms with Crippen LogP contribution in [0.4, 0.5) is 0 Å². The number of benzene rings is 1. The molecule has 2 aliphatic rings. The van der Waals surface area contributed by atoms with E-state index in [1.165, 1.54) is 4.90 Å². The molecule has 1 aromatic rings. The van der Waals surface area contributed by atoms with Gasteiger partial charge < -0.3 is 20.3 Å². The minimum Gasteiger partial charge on any atom is -0.484 e. The van der Waals surface area contributed by atoms with E-state index in [1.54, 1.807) is 24.3 Å². The summed E-state index contributed by atoms with van der Waals surface area (Å²) in [5.74, 6) is -0.151. The molecule has 2 aliphatic heterocycles. The third-order valence-corrected chi connectivity index (χ3v) is 5.79. The zero-order valence-electron chi connectivity index (χ0n) is 16.6. The SMILES string of the molecule is C[C@@H]1CCC[C@H](C)N1C(=O)COc1ccc(C(=O)N2CCC[C@@H]2C(N)=O)cc1. The quantitative estimate of drug-likeness (QED) is 0.836. The third-order valence-electron chi connectivity index (χ3n) is 5.79. The number of likely N-dealkylation sites (tertiary alicyclic amines) is 2. The summed E-state index contributed by atoms with van der Waals surface area (Å²) in [4.78, 5) is 40.1. The summed E-state index contributed by atoms with van der Waals surface area (Å²) < 4.78 is 5.65. The van der Waals surface area contributed by atoms with E-state index in [4.69, 9.17) is 10.5 Å². The lowest BCUT2D eigenvalue weighted by molar-refractivity contribution is -0.139. The Morgan fingerprint density at radius 1 is 1.04 bits per heavy atom. The molecule has 152 valence electrons. The predicted molar refractivity (Wildman–Crippen MR) is 105 cm³/mol. The summed E-state index contributed by atoms with van der Waals surface area (Å²) >= 11 is 0. The molecule has 3 amide bonds. The molecule has 2 saturated heterocycles. The molecule has 0 spiro atoms. The average Bonchev–Trinajstić information content (AvgIpc) is 3.16. The molecule has 0 bridgehead atoms. The van der Waals surface area contributed by atoms with Crippen LogP contribution in [0.1, 0.15) is 56.3 Å². The van der Waals surface area contributed by atoms with E-state index in [9.17, 15) is 14.4 Å². The monoisotopic (exact) mass is 387 g/mol. The lowest BCUT2D eigenvalue weighted by atomic mass is 9.97. The van der Waals surface area contributed by atoms with E-state index in [0.717, 1.165) is 25.7 Å². The molecule has 1 aromatic carbocycles. The van der Waals surface area contributed by atoms with Crippen molar-refractivity contribution in [3.63, 3.8) is 0 Å². The molecule has 0 saturated carbocycles. The average molecular weight is 387 g/mol. The number of carbonyl (C=O) groups is 3. The molecule has 2 N–H and O–H groups in total.